The highest BCUT2D eigenvalue weighted by Crippen LogP contribution is 2.26. The standard InChI is InChI=1S/C14H20N4O3/c1-3-4-10-5-6-17(9-10)14(19)11-7-13(15-2)16-8-12(11)18(20)21/h7-8,10H,3-6,9H2,1-2H3,(H,15,16). The molecule has 1 saturated heterocycles. The first-order chi connectivity index (χ1) is 10.1. The van der Waals surface area contributed by atoms with Gasteiger partial charge in [-0.25, -0.2) is 4.98 Å². The number of nitro groups is 1. The molecular formula is C14H20N4O3. The van der Waals surface area contributed by atoms with Crippen LogP contribution in [-0.4, -0.2) is 40.9 Å². The topological polar surface area (TPSA) is 88.4 Å². The van der Waals surface area contributed by atoms with E-state index in [0.29, 0.717) is 24.8 Å². The summed E-state index contributed by atoms with van der Waals surface area (Å²) in [5.41, 5.74) is -0.130. The summed E-state index contributed by atoms with van der Waals surface area (Å²) in [7, 11) is 1.66. The van der Waals surface area contributed by atoms with E-state index in [2.05, 4.69) is 17.2 Å². The Bertz CT molecular complexity index is 547. The number of carbonyl (C=O) groups is 1. The van der Waals surface area contributed by atoms with E-state index in [-0.39, 0.29) is 17.2 Å². The molecule has 0 radical (unpaired) electrons. The van der Waals surface area contributed by atoms with Crippen molar-refractivity contribution in [2.24, 2.45) is 5.92 Å². The Morgan fingerprint density at radius 1 is 1.62 bits per heavy atom. The lowest BCUT2D eigenvalue weighted by Crippen LogP contribution is -2.29. The van der Waals surface area contributed by atoms with Crippen molar-refractivity contribution in [3.8, 4) is 0 Å². The van der Waals surface area contributed by atoms with Gasteiger partial charge in [-0.3, -0.25) is 14.9 Å². The van der Waals surface area contributed by atoms with E-state index in [1.165, 1.54) is 6.07 Å². The molecule has 1 aromatic heterocycles. The summed E-state index contributed by atoms with van der Waals surface area (Å²) in [4.78, 5) is 28.7. The van der Waals surface area contributed by atoms with Gasteiger partial charge in [0, 0.05) is 26.2 Å². The summed E-state index contributed by atoms with van der Waals surface area (Å²) >= 11 is 0. The molecule has 1 aliphatic rings. The zero-order valence-corrected chi connectivity index (χ0v) is 12.3. The molecule has 2 rings (SSSR count). The highest BCUT2D eigenvalue weighted by molar-refractivity contribution is 5.98. The van der Waals surface area contributed by atoms with Gasteiger partial charge in [0.1, 0.15) is 17.6 Å². The van der Waals surface area contributed by atoms with Gasteiger partial charge in [0.25, 0.3) is 11.6 Å². The molecule has 7 heteroatoms. The van der Waals surface area contributed by atoms with Crippen molar-refractivity contribution in [3.05, 3.63) is 27.9 Å². The minimum absolute atomic E-state index is 0.108. The van der Waals surface area contributed by atoms with Gasteiger partial charge in [-0.15, -0.1) is 0 Å². The van der Waals surface area contributed by atoms with Crippen molar-refractivity contribution in [1.82, 2.24) is 9.88 Å². The second-order valence-electron chi connectivity index (χ2n) is 5.29. The van der Waals surface area contributed by atoms with Crippen molar-refractivity contribution in [1.29, 1.82) is 0 Å². The summed E-state index contributed by atoms with van der Waals surface area (Å²) < 4.78 is 0. The number of likely N-dealkylation sites (tertiary alicyclic amines) is 1. The number of carbonyl (C=O) groups excluding carboxylic acids is 1. The molecule has 21 heavy (non-hydrogen) atoms. The molecule has 0 bridgehead atoms. The largest absolute Gasteiger partial charge is 0.373 e. The van der Waals surface area contributed by atoms with Crippen molar-refractivity contribution in [2.45, 2.75) is 26.2 Å². The van der Waals surface area contributed by atoms with Crippen LogP contribution in [0.25, 0.3) is 0 Å². The van der Waals surface area contributed by atoms with Gasteiger partial charge >= 0.3 is 0 Å². The Morgan fingerprint density at radius 3 is 3.00 bits per heavy atom. The molecule has 114 valence electrons. The third kappa shape index (κ3) is 3.29. The van der Waals surface area contributed by atoms with E-state index < -0.39 is 4.92 Å². The maximum atomic E-state index is 12.6. The van der Waals surface area contributed by atoms with E-state index in [1.54, 1.807) is 11.9 Å². The van der Waals surface area contributed by atoms with Gasteiger partial charge < -0.3 is 10.2 Å². The van der Waals surface area contributed by atoms with Gasteiger partial charge in [0.2, 0.25) is 0 Å². The van der Waals surface area contributed by atoms with Crippen LogP contribution in [0.1, 0.15) is 36.5 Å². The first kappa shape index (κ1) is 15.2. The molecule has 0 spiro atoms. The number of pyridine rings is 1. The van der Waals surface area contributed by atoms with Gasteiger partial charge in [-0.05, 0) is 18.8 Å². The lowest BCUT2D eigenvalue weighted by molar-refractivity contribution is -0.385. The number of nitrogens with zero attached hydrogens (tertiary/aromatic N) is 3. The fourth-order valence-corrected chi connectivity index (χ4v) is 2.73. The number of amides is 1. The van der Waals surface area contributed by atoms with Crippen molar-refractivity contribution >= 4 is 17.4 Å². The first-order valence-electron chi connectivity index (χ1n) is 7.18. The van der Waals surface area contributed by atoms with Crippen LogP contribution >= 0.6 is 0 Å². The highest BCUT2D eigenvalue weighted by Gasteiger charge is 2.30. The third-order valence-corrected chi connectivity index (χ3v) is 3.84. The SMILES string of the molecule is CCCC1CCN(C(=O)c2cc(NC)ncc2[N+](=O)[O-])C1. The van der Waals surface area contributed by atoms with Crippen LogP contribution in [0.2, 0.25) is 0 Å². The van der Waals surface area contributed by atoms with Crippen LogP contribution in [0.15, 0.2) is 12.3 Å². The molecule has 2 heterocycles. The van der Waals surface area contributed by atoms with Crippen molar-refractivity contribution < 1.29 is 9.72 Å². The van der Waals surface area contributed by atoms with E-state index in [4.69, 9.17) is 0 Å². The number of anilines is 1. The maximum absolute atomic E-state index is 12.6. The molecule has 1 amide bonds. The van der Waals surface area contributed by atoms with Crippen molar-refractivity contribution in [3.63, 3.8) is 0 Å². The number of nitrogens with one attached hydrogen (secondary N) is 1. The number of hydrogen-bond donors (Lipinski definition) is 1. The zero-order valence-electron chi connectivity index (χ0n) is 12.3. The number of rotatable bonds is 5. The molecule has 0 saturated carbocycles. The molecule has 1 fully saturated rings. The summed E-state index contributed by atoms with van der Waals surface area (Å²) in [6.07, 6.45) is 4.28. The Morgan fingerprint density at radius 2 is 2.38 bits per heavy atom. The second-order valence-corrected chi connectivity index (χ2v) is 5.29. The third-order valence-electron chi connectivity index (χ3n) is 3.84. The molecule has 1 aromatic rings. The fourth-order valence-electron chi connectivity index (χ4n) is 2.73. The summed E-state index contributed by atoms with van der Waals surface area (Å²) in [5, 5.41) is 13.9. The monoisotopic (exact) mass is 292 g/mol. The van der Waals surface area contributed by atoms with Gasteiger partial charge in [-0.1, -0.05) is 13.3 Å². The second kappa shape index (κ2) is 6.51. The predicted octanol–water partition coefficient (Wildman–Crippen LogP) is 2.29. The minimum atomic E-state index is -0.556. The first-order valence-corrected chi connectivity index (χ1v) is 7.18. The van der Waals surface area contributed by atoms with Crippen LogP contribution in [0.4, 0.5) is 11.5 Å². The molecule has 1 atom stereocenters. The Kier molecular flexibility index (Phi) is 4.72. The lowest BCUT2D eigenvalue weighted by Gasteiger charge is -2.16. The molecule has 1 aliphatic heterocycles. The van der Waals surface area contributed by atoms with Crippen LogP contribution in [0, 0.1) is 16.0 Å². The van der Waals surface area contributed by atoms with E-state index in [0.717, 1.165) is 25.5 Å². The minimum Gasteiger partial charge on any atom is -0.373 e. The van der Waals surface area contributed by atoms with E-state index in [9.17, 15) is 14.9 Å². The van der Waals surface area contributed by atoms with Gasteiger partial charge in [0.05, 0.1) is 4.92 Å². The summed E-state index contributed by atoms with van der Waals surface area (Å²) in [6.45, 7) is 3.47. The van der Waals surface area contributed by atoms with Crippen LogP contribution in [-0.2, 0) is 0 Å². The Balaban J connectivity index is 2.24. The average molecular weight is 292 g/mol. The Labute approximate surface area is 123 Å². The smallest absolute Gasteiger partial charge is 0.300 e. The van der Waals surface area contributed by atoms with Gasteiger partial charge in [0.15, 0.2) is 0 Å². The normalized spacial score (nSPS) is 17.8. The molecular weight excluding hydrogens is 272 g/mol. The predicted molar refractivity (Wildman–Crippen MR) is 79.4 cm³/mol. The number of hydrogen-bond acceptors (Lipinski definition) is 5. The fraction of sp³-hybridized carbons (Fsp3) is 0.571. The molecule has 1 N–H and O–H groups in total. The molecule has 7 nitrogen and oxygen atoms in total. The van der Waals surface area contributed by atoms with Crippen LogP contribution < -0.4 is 5.32 Å². The van der Waals surface area contributed by atoms with Crippen LogP contribution in [0.3, 0.4) is 0 Å². The average Bonchev–Trinajstić information content (AvgIpc) is 2.94. The lowest BCUT2D eigenvalue weighted by atomic mass is 10.0. The Hall–Kier alpha value is -2.18. The van der Waals surface area contributed by atoms with E-state index in [1.807, 2.05) is 0 Å². The molecule has 0 aliphatic carbocycles. The highest BCUT2D eigenvalue weighted by atomic mass is 16.6. The number of aromatic nitrogens is 1. The van der Waals surface area contributed by atoms with Crippen molar-refractivity contribution in [2.75, 3.05) is 25.5 Å². The van der Waals surface area contributed by atoms with Gasteiger partial charge in [-0.2, -0.15) is 0 Å². The maximum Gasteiger partial charge on any atom is 0.300 e. The molecule has 0 aromatic carbocycles. The summed E-state index contributed by atoms with van der Waals surface area (Å²) in [5.74, 6) is 0.677. The summed E-state index contributed by atoms with van der Waals surface area (Å²) in [6, 6.07) is 1.45. The zero-order chi connectivity index (χ0) is 15.4. The van der Waals surface area contributed by atoms with Crippen LogP contribution in [0.5, 0.6) is 0 Å². The quantitative estimate of drug-likeness (QED) is 0.664. The molecule has 1 unspecified atom stereocenters. The van der Waals surface area contributed by atoms with E-state index >= 15 is 0 Å².